The number of hydrogen-bond donors (Lipinski definition) is 1. The second-order valence-electron chi connectivity index (χ2n) is 3.56. The van der Waals surface area contributed by atoms with Crippen molar-refractivity contribution in [1.82, 2.24) is 0 Å². The summed E-state index contributed by atoms with van der Waals surface area (Å²) in [5.41, 5.74) is 5.20. The lowest BCUT2D eigenvalue weighted by atomic mass is 10.2. The zero-order valence-corrected chi connectivity index (χ0v) is 11.3. The average molecular weight is 357 g/mol. The van der Waals surface area contributed by atoms with Crippen LogP contribution in [0.25, 0.3) is 0 Å². The third-order valence-electron chi connectivity index (χ3n) is 2.25. The molecule has 0 aliphatic heterocycles. The summed E-state index contributed by atoms with van der Waals surface area (Å²) in [5, 5.41) is 0. The van der Waals surface area contributed by atoms with Crippen molar-refractivity contribution in [2.45, 2.75) is 0 Å². The van der Waals surface area contributed by atoms with Crippen LogP contribution in [0, 0.1) is 9.39 Å². The van der Waals surface area contributed by atoms with E-state index in [1.165, 1.54) is 12.1 Å². The van der Waals surface area contributed by atoms with Crippen LogP contribution in [0.4, 0.5) is 4.39 Å². The molecule has 5 heteroatoms. The topological polar surface area (TPSA) is 52.3 Å². The first-order valence-electron chi connectivity index (χ1n) is 5.09. The van der Waals surface area contributed by atoms with Crippen LogP contribution in [0.5, 0.6) is 11.5 Å². The number of rotatable bonds is 3. The minimum Gasteiger partial charge on any atom is -0.457 e. The Hall–Kier alpha value is -1.63. The zero-order chi connectivity index (χ0) is 13.1. The molecule has 0 aromatic heterocycles. The predicted molar refractivity (Wildman–Crippen MR) is 74.2 cm³/mol. The Bertz CT molecular complexity index is 584. The minimum atomic E-state index is -0.727. The highest BCUT2D eigenvalue weighted by atomic mass is 127. The summed E-state index contributed by atoms with van der Waals surface area (Å²) in [5.74, 6) is -0.455. The maximum Gasteiger partial charge on any atom is 0.252 e. The van der Waals surface area contributed by atoms with Gasteiger partial charge in [0.1, 0.15) is 17.3 Å². The third-order valence-corrected chi connectivity index (χ3v) is 2.97. The predicted octanol–water partition coefficient (Wildman–Crippen LogP) is 3.32. The molecular weight excluding hydrogens is 348 g/mol. The molecule has 0 spiro atoms. The Labute approximate surface area is 117 Å². The molecule has 2 N–H and O–H groups in total. The molecule has 2 aromatic carbocycles. The molecule has 0 heterocycles. The van der Waals surface area contributed by atoms with E-state index in [9.17, 15) is 9.18 Å². The fraction of sp³-hybridized carbons (Fsp3) is 0. The summed E-state index contributed by atoms with van der Waals surface area (Å²) >= 11 is 2.17. The largest absolute Gasteiger partial charge is 0.457 e. The highest BCUT2D eigenvalue weighted by molar-refractivity contribution is 14.1. The molecule has 92 valence electrons. The Balaban J connectivity index is 2.34. The monoisotopic (exact) mass is 357 g/mol. The number of carbonyl (C=O) groups excluding carboxylic acids is 1. The van der Waals surface area contributed by atoms with Crippen molar-refractivity contribution in [2.75, 3.05) is 0 Å². The van der Waals surface area contributed by atoms with Crippen LogP contribution in [-0.4, -0.2) is 5.91 Å². The smallest absolute Gasteiger partial charge is 0.252 e. The summed E-state index contributed by atoms with van der Waals surface area (Å²) in [6, 6.07) is 10.9. The molecule has 0 atom stereocenters. The van der Waals surface area contributed by atoms with Crippen LogP contribution in [0.1, 0.15) is 10.4 Å². The van der Waals surface area contributed by atoms with E-state index < -0.39 is 11.7 Å². The van der Waals surface area contributed by atoms with Crippen molar-refractivity contribution in [3.63, 3.8) is 0 Å². The second kappa shape index (κ2) is 5.34. The van der Waals surface area contributed by atoms with Gasteiger partial charge >= 0.3 is 0 Å². The van der Waals surface area contributed by atoms with E-state index in [2.05, 4.69) is 22.6 Å². The number of nitrogens with two attached hydrogens (primary N) is 1. The van der Waals surface area contributed by atoms with Crippen LogP contribution in [0.15, 0.2) is 42.5 Å². The van der Waals surface area contributed by atoms with E-state index in [0.717, 1.165) is 9.64 Å². The molecule has 0 fully saturated rings. The first kappa shape index (κ1) is 12.8. The number of primary amides is 1. The van der Waals surface area contributed by atoms with Gasteiger partial charge in [0.05, 0.1) is 5.56 Å². The summed E-state index contributed by atoms with van der Waals surface area (Å²) in [4.78, 5) is 11.2. The maximum absolute atomic E-state index is 13.0. The molecule has 0 unspecified atom stereocenters. The normalized spacial score (nSPS) is 10.1. The van der Waals surface area contributed by atoms with Crippen molar-refractivity contribution < 1.29 is 13.9 Å². The summed E-state index contributed by atoms with van der Waals surface area (Å²) < 4.78 is 19.6. The van der Waals surface area contributed by atoms with Gasteiger partial charge in [0.15, 0.2) is 0 Å². The quantitative estimate of drug-likeness (QED) is 0.857. The van der Waals surface area contributed by atoms with E-state index in [1.807, 2.05) is 12.1 Å². The van der Waals surface area contributed by atoms with Gasteiger partial charge in [0, 0.05) is 3.57 Å². The van der Waals surface area contributed by atoms with Crippen LogP contribution < -0.4 is 10.5 Å². The summed E-state index contributed by atoms with van der Waals surface area (Å²) in [6.45, 7) is 0. The highest BCUT2D eigenvalue weighted by Gasteiger charge is 2.11. The van der Waals surface area contributed by atoms with Crippen molar-refractivity contribution >= 4 is 28.5 Å². The van der Waals surface area contributed by atoms with Gasteiger partial charge in [0.25, 0.3) is 5.91 Å². The van der Waals surface area contributed by atoms with Gasteiger partial charge in [-0.25, -0.2) is 4.39 Å². The second-order valence-corrected chi connectivity index (χ2v) is 4.81. The molecule has 18 heavy (non-hydrogen) atoms. The molecule has 0 bridgehead atoms. The van der Waals surface area contributed by atoms with Crippen molar-refractivity contribution in [3.8, 4) is 11.5 Å². The number of carbonyl (C=O) groups is 1. The lowest BCUT2D eigenvalue weighted by Gasteiger charge is -2.09. The highest BCUT2D eigenvalue weighted by Crippen LogP contribution is 2.26. The van der Waals surface area contributed by atoms with Gasteiger partial charge in [-0.15, -0.1) is 0 Å². The summed E-state index contributed by atoms with van der Waals surface area (Å²) in [7, 11) is 0. The standard InChI is InChI=1S/C13H9FINO2/c14-8-1-6-12(11(7-8)13(16)17)18-10-4-2-9(15)3-5-10/h1-7H,(H2,16,17). The van der Waals surface area contributed by atoms with Gasteiger partial charge in [-0.05, 0) is 65.1 Å². The fourth-order valence-corrected chi connectivity index (χ4v) is 1.77. The molecule has 2 aromatic rings. The number of ether oxygens (including phenoxy) is 1. The van der Waals surface area contributed by atoms with Crippen LogP contribution in [0.2, 0.25) is 0 Å². The van der Waals surface area contributed by atoms with E-state index in [0.29, 0.717) is 5.75 Å². The lowest BCUT2D eigenvalue weighted by molar-refractivity contribution is 0.0997. The molecule has 0 aliphatic rings. The van der Waals surface area contributed by atoms with Crippen LogP contribution >= 0.6 is 22.6 Å². The van der Waals surface area contributed by atoms with E-state index in [-0.39, 0.29) is 11.3 Å². The van der Waals surface area contributed by atoms with Gasteiger partial charge < -0.3 is 10.5 Å². The van der Waals surface area contributed by atoms with Crippen LogP contribution in [-0.2, 0) is 0 Å². The lowest BCUT2D eigenvalue weighted by Crippen LogP contribution is -2.12. The zero-order valence-electron chi connectivity index (χ0n) is 9.19. The molecule has 0 saturated carbocycles. The third kappa shape index (κ3) is 2.98. The number of hydrogen-bond acceptors (Lipinski definition) is 2. The van der Waals surface area contributed by atoms with Gasteiger partial charge in [-0.1, -0.05) is 0 Å². The van der Waals surface area contributed by atoms with Crippen molar-refractivity contribution in [1.29, 1.82) is 0 Å². The number of halogens is 2. The van der Waals surface area contributed by atoms with Gasteiger partial charge in [-0.2, -0.15) is 0 Å². The Kier molecular flexibility index (Phi) is 3.81. The van der Waals surface area contributed by atoms with E-state index in [1.54, 1.807) is 12.1 Å². The summed E-state index contributed by atoms with van der Waals surface area (Å²) in [6.07, 6.45) is 0. The fourth-order valence-electron chi connectivity index (χ4n) is 1.41. The van der Waals surface area contributed by atoms with Crippen LogP contribution in [0.3, 0.4) is 0 Å². The Morgan fingerprint density at radius 1 is 1.17 bits per heavy atom. The first-order valence-corrected chi connectivity index (χ1v) is 6.17. The molecule has 0 aliphatic carbocycles. The molecule has 2 rings (SSSR count). The Morgan fingerprint density at radius 3 is 2.44 bits per heavy atom. The number of amides is 1. The van der Waals surface area contributed by atoms with Gasteiger partial charge in [-0.3, -0.25) is 4.79 Å². The Morgan fingerprint density at radius 2 is 1.83 bits per heavy atom. The molecule has 0 saturated heterocycles. The van der Waals surface area contributed by atoms with Gasteiger partial charge in [0.2, 0.25) is 0 Å². The number of benzene rings is 2. The first-order chi connectivity index (χ1) is 8.56. The van der Waals surface area contributed by atoms with Crippen molar-refractivity contribution in [3.05, 3.63) is 57.4 Å². The minimum absolute atomic E-state index is 0.0218. The molecular formula is C13H9FINO2. The molecule has 3 nitrogen and oxygen atoms in total. The molecule has 1 amide bonds. The molecule has 0 radical (unpaired) electrons. The van der Waals surface area contributed by atoms with E-state index >= 15 is 0 Å². The average Bonchev–Trinajstić information content (AvgIpc) is 2.34. The van der Waals surface area contributed by atoms with Crippen molar-refractivity contribution in [2.24, 2.45) is 5.73 Å². The maximum atomic E-state index is 13.0. The SMILES string of the molecule is NC(=O)c1cc(F)ccc1Oc1ccc(I)cc1. The van der Waals surface area contributed by atoms with E-state index in [4.69, 9.17) is 10.5 Å².